The Morgan fingerprint density at radius 3 is 1.93 bits per heavy atom. The summed E-state index contributed by atoms with van der Waals surface area (Å²) in [6.07, 6.45) is 8.48. The van der Waals surface area contributed by atoms with Crippen molar-refractivity contribution in [2.24, 2.45) is 0 Å². The molecule has 2 N–H and O–H groups in total. The molecule has 0 aromatic heterocycles. The van der Waals surface area contributed by atoms with E-state index in [1.54, 1.807) is 0 Å². The van der Waals surface area contributed by atoms with Gasteiger partial charge in [0.05, 0.1) is 0 Å². The van der Waals surface area contributed by atoms with Crippen LogP contribution in [0.25, 0.3) is 0 Å². The summed E-state index contributed by atoms with van der Waals surface area (Å²) in [4.78, 5) is 0. The van der Waals surface area contributed by atoms with Crippen LogP contribution in [0, 0.1) is 0 Å². The molecule has 0 heterocycles. The summed E-state index contributed by atoms with van der Waals surface area (Å²) in [7, 11) is -1.60. The molecular weight excluding hydrogens is 186 g/mol. The molecule has 0 spiro atoms. The van der Waals surface area contributed by atoms with Gasteiger partial charge in [-0.2, -0.15) is 0 Å². The van der Waals surface area contributed by atoms with Crippen LogP contribution in [-0.2, 0) is 4.65 Å². The van der Waals surface area contributed by atoms with Crippen molar-refractivity contribution < 1.29 is 19.4 Å². The summed E-state index contributed by atoms with van der Waals surface area (Å²) in [5.41, 5.74) is 0. The van der Waals surface area contributed by atoms with E-state index >= 15 is 0 Å². The molecule has 0 aliphatic carbocycles. The van der Waals surface area contributed by atoms with Crippen molar-refractivity contribution in [1.82, 2.24) is 0 Å². The minimum absolute atomic E-state index is 0. The van der Waals surface area contributed by atoms with E-state index in [9.17, 15) is 0 Å². The maximum absolute atomic E-state index is 8.36. The molecule has 0 saturated heterocycles. The van der Waals surface area contributed by atoms with E-state index in [2.05, 4.69) is 11.6 Å². The van der Waals surface area contributed by atoms with Crippen LogP contribution in [0.4, 0.5) is 4.70 Å². The van der Waals surface area contributed by atoms with Gasteiger partial charge in [-0.1, -0.05) is 45.4 Å². The fraction of sp³-hybridized carbons (Fsp3) is 1.00. The Morgan fingerprint density at radius 2 is 1.43 bits per heavy atom. The molecule has 0 aliphatic rings. The van der Waals surface area contributed by atoms with Crippen LogP contribution in [0.5, 0.6) is 0 Å². The average molecular weight is 208 g/mol. The van der Waals surface area contributed by atoms with E-state index in [0.29, 0.717) is 6.61 Å². The van der Waals surface area contributed by atoms with Crippen molar-refractivity contribution in [1.29, 1.82) is 0 Å². The van der Waals surface area contributed by atoms with Crippen molar-refractivity contribution in [2.45, 2.75) is 51.9 Å². The van der Waals surface area contributed by atoms with Crippen molar-refractivity contribution in [2.75, 3.05) is 6.61 Å². The molecule has 0 saturated carbocycles. The Balaban J connectivity index is 0. The Hall–Kier alpha value is -0.125. The lowest BCUT2D eigenvalue weighted by Gasteiger charge is -2.02. The van der Waals surface area contributed by atoms with E-state index in [1.807, 2.05) is 0 Å². The molecule has 0 unspecified atom stereocenters. The van der Waals surface area contributed by atoms with Crippen LogP contribution in [0.2, 0.25) is 0 Å². The lowest BCUT2D eigenvalue weighted by molar-refractivity contribution is 0.182. The van der Waals surface area contributed by atoms with Gasteiger partial charge in [-0.05, 0) is 6.42 Å². The van der Waals surface area contributed by atoms with E-state index in [0.717, 1.165) is 12.8 Å². The molecule has 0 bridgehead atoms. The predicted octanol–water partition coefficient (Wildman–Crippen LogP) is 1.88. The summed E-state index contributed by atoms with van der Waals surface area (Å²) in [5.74, 6) is 0. The number of rotatable bonds is 9. The van der Waals surface area contributed by atoms with Crippen LogP contribution < -0.4 is 0 Å². The standard InChI is InChI=1S/C9H21BO3.FH/c1-2-3-4-5-6-7-8-9-13-10(11)12;/h11-12H,2-9H2,1H3;1H. The fourth-order valence-electron chi connectivity index (χ4n) is 1.25. The largest absolute Gasteiger partial charge is 0.633 e. The molecule has 0 aromatic carbocycles. The summed E-state index contributed by atoms with van der Waals surface area (Å²) >= 11 is 0. The monoisotopic (exact) mass is 208 g/mol. The van der Waals surface area contributed by atoms with Crippen molar-refractivity contribution in [3.05, 3.63) is 0 Å². The van der Waals surface area contributed by atoms with Crippen molar-refractivity contribution in [3.8, 4) is 0 Å². The van der Waals surface area contributed by atoms with Crippen LogP contribution in [0.3, 0.4) is 0 Å². The maximum atomic E-state index is 8.36. The third-order valence-electron chi connectivity index (χ3n) is 2.01. The van der Waals surface area contributed by atoms with E-state index in [1.165, 1.54) is 32.1 Å². The zero-order valence-electron chi connectivity index (χ0n) is 8.95. The van der Waals surface area contributed by atoms with Gasteiger partial charge in [0.15, 0.2) is 0 Å². The highest BCUT2D eigenvalue weighted by atomic mass is 19.0. The highest BCUT2D eigenvalue weighted by molar-refractivity contribution is 6.32. The molecule has 0 radical (unpaired) electrons. The molecule has 0 atom stereocenters. The first-order valence-corrected chi connectivity index (χ1v) is 5.25. The molecule has 86 valence electrons. The Morgan fingerprint density at radius 1 is 0.929 bits per heavy atom. The van der Waals surface area contributed by atoms with Gasteiger partial charge in [-0.3, -0.25) is 4.70 Å². The molecule has 0 aromatic rings. The van der Waals surface area contributed by atoms with Gasteiger partial charge in [-0.25, -0.2) is 0 Å². The lowest BCUT2D eigenvalue weighted by Crippen LogP contribution is -2.17. The molecule has 0 fully saturated rings. The van der Waals surface area contributed by atoms with Gasteiger partial charge in [0.25, 0.3) is 0 Å². The highest BCUT2D eigenvalue weighted by Crippen LogP contribution is 2.06. The van der Waals surface area contributed by atoms with E-state index in [-0.39, 0.29) is 4.70 Å². The van der Waals surface area contributed by atoms with Crippen LogP contribution in [-0.4, -0.2) is 24.0 Å². The second-order valence-electron chi connectivity index (χ2n) is 3.32. The topological polar surface area (TPSA) is 49.7 Å². The lowest BCUT2D eigenvalue weighted by atomic mass is 10.1. The van der Waals surface area contributed by atoms with Crippen molar-refractivity contribution >= 4 is 7.32 Å². The molecule has 5 heteroatoms. The van der Waals surface area contributed by atoms with Crippen LogP contribution >= 0.6 is 0 Å². The summed E-state index contributed by atoms with van der Waals surface area (Å²) < 4.78 is 4.58. The number of hydrogen-bond acceptors (Lipinski definition) is 3. The smallest absolute Gasteiger partial charge is 0.402 e. The Kier molecular flexibility index (Phi) is 15.0. The number of halogens is 1. The minimum atomic E-state index is -1.60. The molecule has 0 rings (SSSR count). The SMILES string of the molecule is CCCCCCCCCOB(O)O.F. The molecule has 3 nitrogen and oxygen atoms in total. The van der Waals surface area contributed by atoms with Gasteiger partial charge < -0.3 is 14.7 Å². The Bertz CT molecular complexity index is 104. The van der Waals surface area contributed by atoms with Gasteiger partial charge in [0, 0.05) is 6.61 Å². The van der Waals surface area contributed by atoms with Gasteiger partial charge in [-0.15, -0.1) is 0 Å². The van der Waals surface area contributed by atoms with E-state index in [4.69, 9.17) is 10.0 Å². The summed E-state index contributed by atoms with van der Waals surface area (Å²) in [6, 6.07) is 0. The Labute approximate surface area is 86.0 Å². The zero-order valence-corrected chi connectivity index (χ0v) is 8.95. The third-order valence-corrected chi connectivity index (χ3v) is 2.01. The van der Waals surface area contributed by atoms with E-state index < -0.39 is 7.32 Å². The molecular formula is C9H22BFO3. The maximum Gasteiger partial charge on any atom is 0.633 e. The average Bonchev–Trinajstić information content (AvgIpc) is 2.09. The summed E-state index contributed by atoms with van der Waals surface area (Å²) in [5, 5.41) is 16.7. The second-order valence-corrected chi connectivity index (χ2v) is 3.32. The fourth-order valence-corrected chi connectivity index (χ4v) is 1.25. The first-order valence-electron chi connectivity index (χ1n) is 5.25. The van der Waals surface area contributed by atoms with Crippen LogP contribution in [0.1, 0.15) is 51.9 Å². The third kappa shape index (κ3) is 14.4. The highest BCUT2D eigenvalue weighted by Gasteiger charge is 2.06. The quantitative estimate of drug-likeness (QED) is 0.449. The van der Waals surface area contributed by atoms with Crippen LogP contribution in [0.15, 0.2) is 0 Å². The predicted molar refractivity (Wildman–Crippen MR) is 56.6 cm³/mol. The molecule has 0 aliphatic heterocycles. The summed E-state index contributed by atoms with van der Waals surface area (Å²) in [6.45, 7) is 2.65. The van der Waals surface area contributed by atoms with Crippen molar-refractivity contribution in [3.63, 3.8) is 0 Å². The second kappa shape index (κ2) is 12.9. The minimum Gasteiger partial charge on any atom is -0.402 e. The molecule has 0 amide bonds. The van der Waals surface area contributed by atoms with Gasteiger partial charge in [0.2, 0.25) is 0 Å². The first kappa shape index (κ1) is 16.3. The van der Waals surface area contributed by atoms with Gasteiger partial charge >= 0.3 is 7.32 Å². The molecule has 14 heavy (non-hydrogen) atoms. The van der Waals surface area contributed by atoms with Gasteiger partial charge in [0.1, 0.15) is 0 Å². The zero-order chi connectivity index (χ0) is 9.94. The number of hydrogen-bond donors (Lipinski definition) is 2. The number of unbranched alkanes of at least 4 members (excludes halogenated alkanes) is 6. The first-order chi connectivity index (χ1) is 6.27. The normalized spacial score (nSPS) is 9.64.